The van der Waals surface area contributed by atoms with E-state index in [1.165, 1.54) is 19.3 Å². The van der Waals surface area contributed by atoms with E-state index >= 15 is 0 Å². The Morgan fingerprint density at radius 2 is 1.75 bits per heavy atom. The summed E-state index contributed by atoms with van der Waals surface area (Å²) >= 11 is 0. The van der Waals surface area contributed by atoms with Crippen molar-refractivity contribution in [3.05, 3.63) is 0 Å². The molecule has 0 aromatic carbocycles. The highest BCUT2D eigenvalue weighted by atomic mass is 14.9. The van der Waals surface area contributed by atoms with E-state index in [4.69, 9.17) is 0 Å². The van der Waals surface area contributed by atoms with Crippen LogP contribution in [0.25, 0.3) is 0 Å². The zero-order valence-corrected chi connectivity index (χ0v) is 8.93. The molecule has 0 amide bonds. The summed E-state index contributed by atoms with van der Waals surface area (Å²) in [7, 11) is 0. The predicted molar refractivity (Wildman–Crippen MR) is 54.2 cm³/mol. The largest absolute Gasteiger partial charge is 0.311 e. The molecule has 1 unspecified atom stereocenters. The minimum atomic E-state index is 0.648. The topological polar surface area (TPSA) is 12.0 Å². The van der Waals surface area contributed by atoms with E-state index in [2.05, 4.69) is 33.0 Å². The Bertz CT molecular complexity index is 129. The fourth-order valence-electron chi connectivity index (χ4n) is 2.42. The van der Waals surface area contributed by atoms with Crippen LogP contribution in [0.2, 0.25) is 0 Å². The third-order valence-electron chi connectivity index (χ3n) is 2.97. The average molecular weight is 169 g/mol. The summed E-state index contributed by atoms with van der Waals surface area (Å²) in [5.41, 5.74) is 0. The lowest BCUT2D eigenvalue weighted by Gasteiger charge is -2.26. The normalized spacial score (nSPS) is 30.5. The molecule has 2 atom stereocenters. The smallest absolute Gasteiger partial charge is 0.0100 e. The molecule has 0 radical (unpaired) electrons. The molecule has 0 aliphatic heterocycles. The van der Waals surface area contributed by atoms with E-state index in [0.29, 0.717) is 6.04 Å². The molecule has 1 nitrogen and oxygen atoms in total. The summed E-state index contributed by atoms with van der Waals surface area (Å²) in [5.74, 6) is 1.77. The van der Waals surface area contributed by atoms with Gasteiger partial charge in [-0.15, -0.1) is 0 Å². The van der Waals surface area contributed by atoms with E-state index in [0.717, 1.165) is 17.9 Å². The van der Waals surface area contributed by atoms with Crippen molar-refractivity contribution in [2.45, 2.75) is 59.0 Å². The average Bonchev–Trinajstić information content (AvgIpc) is 2.33. The molecule has 1 aliphatic carbocycles. The van der Waals surface area contributed by atoms with Crippen molar-refractivity contribution in [3.63, 3.8) is 0 Å². The van der Waals surface area contributed by atoms with Crippen molar-refractivity contribution in [3.8, 4) is 0 Å². The van der Waals surface area contributed by atoms with E-state index < -0.39 is 0 Å². The fourth-order valence-corrected chi connectivity index (χ4v) is 2.42. The maximum atomic E-state index is 3.67. The molecule has 1 rings (SSSR count). The van der Waals surface area contributed by atoms with Gasteiger partial charge in [-0.3, -0.25) is 0 Å². The molecule has 0 heterocycles. The first-order valence-corrected chi connectivity index (χ1v) is 5.37. The minimum absolute atomic E-state index is 0.648. The van der Waals surface area contributed by atoms with Crippen molar-refractivity contribution in [2.75, 3.05) is 0 Å². The van der Waals surface area contributed by atoms with Crippen LogP contribution >= 0.6 is 0 Å². The molecular weight excluding hydrogens is 146 g/mol. The Labute approximate surface area is 76.9 Å². The third kappa shape index (κ3) is 2.48. The van der Waals surface area contributed by atoms with Crippen LogP contribution in [0.3, 0.4) is 0 Å². The SMILES string of the molecule is CC(C)NC1CCC[C@H]1C(C)C. The highest BCUT2D eigenvalue weighted by molar-refractivity contribution is 4.85. The number of hydrogen-bond acceptors (Lipinski definition) is 1. The lowest BCUT2D eigenvalue weighted by Crippen LogP contribution is -2.38. The van der Waals surface area contributed by atoms with Gasteiger partial charge < -0.3 is 5.32 Å². The van der Waals surface area contributed by atoms with Crippen molar-refractivity contribution in [1.29, 1.82) is 0 Å². The monoisotopic (exact) mass is 169 g/mol. The number of nitrogens with one attached hydrogen (secondary N) is 1. The molecule has 1 aliphatic rings. The Morgan fingerprint density at radius 1 is 1.08 bits per heavy atom. The Balaban J connectivity index is 2.41. The van der Waals surface area contributed by atoms with Gasteiger partial charge in [0.25, 0.3) is 0 Å². The standard InChI is InChI=1S/C11H23N/c1-8(2)10-6-5-7-11(10)12-9(3)4/h8-12H,5-7H2,1-4H3/t10-,11?/m0/s1. The second-order valence-corrected chi connectivity index (χ2v) is 4.77. The maximum absolute atomic E-state index is 3.67. The van der Waals surface area contributed by atoms with Gasteiger partial charge in [0.2, 0.25) is 0 Å². The molecule has 1 fully saturated rings. The lowest BCUT2D eigenvalue weighted by atomic mass is 9.91. The van der Waals surface area contributed by atoms with Crippen molar-refractivity contribution in [2.24, 2.45) is 11.8 Å². The summed E-state index contributed by atoms with van der Waals surface area (Å²) in [6, 6.07) is 1.44. The number of rotatable bonds is 3. The minimum Gasteiger partial charge on any atom is -0.311 e. The second kappa shape index (κ2) is 4.27. The van der Waals surface area contributed by atoms with Gasteiger partial charge in [-0.05, 0) is 24.7 Å². The van der Waals surface area contributed by atoms with Gasteiger partial charge in [0.15, 0.2) is 0 Å². The molecular formula is C11H23N. The Hall–Kier alpha value is -0.0400. The summed E-state index contributed by atoms with van der Waals surface area (Å²) in [4.78, 5) is 0. The second-order valence-electron chi connectivity index (χ2n) is 4.77. The first kappa shape index (κ1) is 10.0. The highest BCUT2D eigenvalue weighted by Gasteiger charge is 2.29. The van der Waals surface area contributed by atoms with Gasteiger partial charge in [-0.1, -0.05) is 34.1 Å². The molecule has 0 aromatic rings. The highest BCUT2D eigenvalue weighted by Crippen LogP contribution is 2.31. The van der Waals surface area contributed by atoms with Crippen LogP contribution in [-0.2, 0) is 0 Å². The molecule has 1 heteroatoms. The van der Waals surface area contributed by atoms with Crippen molar-refractivity contribution in [1.82, 2.24) is 5.32 Å². The van der Waals surface area contributed by atoms with Crippen LogP contribution in [0.5, 0.6) is 0 Å². The molecule has 0 aromatic heterocycles. The summed E-state index contributed by atoms with van der Waals surface area (Å²) in [6.45, 7) is 9.20. The van der Waals surface area contributed by atoms with Gasteiger partial charge in [-0.2, -0.15) is 0 Å². The van der Waals surface area contributed by atoms with Gasteiger partial charge in [0, 0.05) is 12.1 Å². The van der Waals surface area contributed by atoms with E-state index in [-0.39, 0.29) is 0 Å². The Kier molecular flexibility index (Phi) is 3.57. The van der Waals surface area contributed by atoms with Gasteiger partial charge >= 0.3 is 0 Å². The van der Waals surface area contributed by atoms with Crippen molar-refractivity contribution >= 4 is 0 Å². The molecule has 72 valence electrons. The van der Waals surface area contributed by atoms with Crippen LogP contribution in [0.4, 0.5) is 0 Å². The molecule has 1 N–H and O–H groups in total. The van der Waals surface area contributed by atoms with Crippen LogP contribution in [0.1, 0.15) is 47.0 Å². The van der Waals surface area contributed by atoms with Crippen LogP contribution in [-0.4, -0.2) is 12.1 Å². The van der Waals surface area contributed by atoms with E-state index in [1.807, 2.05) is 0 Å². The molecule has 0 bridgehead atoms. The molecule has 1 saturated carbocycles. The fraction of sp³-hybridized carbons (Fsp3) is 1.00. The van der Waals surface area contributed by atoms with Crippen molar-refractivity contribution < 1.29 is 0 Å². The first-order chi connectivity index (χ1) is 5.61. The predicted octanol–water partition coefficient (Wildman–Crippen LogP) is 2.81. The zero-order valence-electron chi connectivity index (χ0n) is 8.93. The molecule has 0 spiro atoms. The zero-order chi connectivity index (χ0) is 9.14. The lowest BCUT2D eigenvalue weighted by molar-refractivity contribution is 0.300. The third-order valence-corrected chi connectivity index (χ3v) is 2.97. The summed E-state index contributed by atoms with van der Waals surface area (Å²) in [6.07, 6.45) is 4.25. The summed E-state index contributed by atoms with van der Waals surface area (Å²) < 4.78 is 0. The quantitative estimate of drug-likeness (QED) is 0.685. The van der Waals surface area contributed by atoms with Crippen LogP contribution < -0.4 is 5.32 Å². The van der Waals surface area contributed by atoms with Crippen LogP contribution in [0.15, 0.2) is 0 Å². The van der Waals surface area contributed by atoms with Gasteiger partial charge in [0.1, 0.15) is 0 Å². The number of hydrogen-bond donors (Lipinski definition) is 1. The van der Waals surface area contributed by atoms with Crippen LogP contribution in [0, 0.1) is 11.8 Å². The Morgan fingerprint density at radius 3 is 2.25 bits per heavy atom. The summed E-state index contributed by atoms with van der Waals surface area (Å²) in [5, 5.41) is 3.67. The van der Waals surface area contributed by atoms with E-state index in [9.17, 15) is 0 Å². The molecule has 12 heavy (non-hydrogen) atoms. The van der Waals surface area contributed by atoms with Gasteiger partial charge in [-0.25, -0.2) is 0 Å². The molecule has 0 saturated heterocycles. The first-order valence-electron chi connectivity index (χ1n) is 5.37. The maximum Gasteiger partial charge on any atom is 0.0100 e. The van der Waals surface area contributed by atoms with E-state index in [1.54, 1.807) is 0 Å². The van der Waals surface area contributed by atoms with Gasteiger partial charge in [0.05, 0.1) is 0 Å².